The number of hydrogen-bond donors (Lipinski definition) is 1. The Kier molecular flexibility index (Phi) is 5.75. The number of hydrogen-bond acceptors (Lipinski definition) is 4. The number of amides is 1. The number of carbonyl (C=O) groups excluding carboxylic acids is 1. The fourth-order valence-corrected chi connectivity index (χ4v) is 4.08. The van der Waals surface area contributed by atoms with E-state index in [1.165, 1.54) is 5.56 Å². The second-order valence-electron chi connectivity index (χ2n) is 7.90. The molecule has 1 aromatic heterocycles. The van der Waals surface area contributed by atoms with E-state index in [0.717, 1.165) is 41.5 Å². The van der Waals surface area contributed by atoms with Crippen LogP contribution in [0.15, 0.2) is 73.1 Å². The zero-order valence-electron chi connectivity index (χ0n) is 17.8. The summed E-state index contributed by atoms with van der Waals surface area (Å²) in [5, 5.41) is 9.32. The number of carbonyl (C=O) groups is 1. The predicted molar refractivity (Wildman–Crippen MR) is 124 cm³/mol. The van der Waals surface area contributed by atoms with E-state index in [2.05, 4.69) is 16.5 Å². The van der Waals surface area contributed by atoms with Crippen molar-refractivity contribution in [1.29, 1.82) is 0 Å². The molecular formula is C26H25N3O3. The van der Waals surface area contributed by atoms with E-state index >= 15 is 0 Å². The quantitative estimate of drug-likeness (QED) is 0.467. The topological polar surface area (TPSA) is 65.4 Å². The molecule has 0 saturated heterocycles. The van der Waals surface area contributed by atoms with Crippen LogP contribution in [-0.4, -0.2) is 28.9 Å². The molecule has 6 heteroatoms. The van der Waals surface area contributed by atoms with Gasteiger partial charge in [0, 0.05) is 17.8 Å². The largest absolute Gasteiger partial charge is 0.493 e. The van der Waals surface area contributed by atoms with Gasteiger partial charge in [0.05, 0.1) is 25.3 Å². The van der Waals surface area contributed by atoms with Crippen LogP contribution in [0.4, 0.5) is 5.69 Å². The number of benzene rings is 3. The third-order valence-electron chi connectivity index (χ3n) is 5.63. The minimum absolute atomic E-state index is 0.0741. The van der Waals surface area contributed by atoms with Crippen molar-refractivity contribution in [3.63, 3.8) is 0 Å². The molecule has 4 aromatic rings. The number of fused-ring (bicyclic) bond motifs is 2. The Balaban J connectivity index is 1.35. The molecule has 0 radical (unpaired) electrons. The third-order valence-corrected chi connectivity index (χ3v) is 5.63. The lowest BCUT2D eigenvalue weighted by Gasteiger charge is -2.18. The van der Waals surface area contributed by atoms with E-state index in [4.69, 9.17) is 9.47 Å². The highest BCUT2D eigenvalue weighted by atomic mass is 16.5. The highest BCUT2D eigenvalue weighted by Gasteiger charge is 2.15. The average Bonchev–Trinajstić information content (AvgIpc) is 3.34. The summed E-state index contributed by atoms with van der Waals surface area (Å²) < 4.78 is 13.6. The molecule has 162 valence electrons. The minimum atomic E-state index is -0.0741. The summed E-state index contributed by atoms with van der Waals surface area (Å²) in [5.41, 5.74) is 2.86. The Bertz CT molecular complexity index is 1230. The molecule has 0 unspecified atom stereocenters. The zero-order valence-corrected chi connectivity index (χ0v) is 17.8. The van der Waals surface area contributed by atoms with Gasteiger partial charge in [-0.25, -0.2) is 0 Å². The molecule has 3 aromatic carbocycles. The van der Waals surface area contributed by atoms with Gasteiger partial charge in [-0.2, -0.15) is 5.10 Å². The molecule has 1 N–H and O–H groups in total. The van der Waals surface area contributed by atoms with Crippen LogP contribution in [0.3, 0.4) is 0 Å². The summed E-state index contributed by atoms with van der Waals surface area (Å²) in [5.74, 6) is 1.51. The number of nitrogens with one attached hydrogen (secondary N) is 1. The van der Waals surface area contributed by atoms with Crippen LogP contribution in [0.25, 0.3) is 10.8 Å². The fourth-order valence-electron chi connectivity index (χ4n) is 4.08. The molecule has 6 nitrogen and oxygen atoms in total. The van der Waals surface area contributed by atoms with Crippen molar-refractivity contribution in [2.75, 3.05) is 18.5 Å². The van der Waals surface area contributed by atoms with Gasteiger partial charge in [0.2, 0.25) is 5.91 Å². The van der Waals surface area contributed by atoms with Gasteiger partial charge in [0.1, 0.15) is 18.1 Å². The third kappa shape index (κ3) is 4.44. The van der Waals surface area contributed by atoms with Gasteiger partial charge in [-0.1, -0.05) is 42.5 Å². The van der Waals surface area contributed by atoms with Crippen LogP contribution >= 0.6 is 0 Å². The number of aryl methyl sites for hydroxylation is 1. The Hall–Kier alpha value is -3.80. The molecule has 0 saturated carbocycles. The first-order valence-corrected chi connectivity index (χ1v) is 10.9. The number of nitrogens with zero attached hydrogens (tertiary/aromatic N) is 2. The van der Waals surface area contributed by atoms with Gasteiger partial charge in [-0.3, -0.25) is 9.48 Å². The fraction of sp³-hybridized carbons (Fsp3) is 0.231. The van der Waals surface area contributed by atoms with E-state index in [0.29, 0.717) is 31.0 Å². The highest BCUT2D eigenvalue weighted by molar-refractivity contribution is 6.05. The van der Waals surface area contributed by atoms with E-state index in [1.54, 1.807) is 6.20 Å². The number of ether oxygens (including phenoxy) is 2. The standard InChI is InChI=1S/C26H25N3O3/c30-25(18-19-8-10-23-21(17-19)6-3-15-31-23)28-26-22-7-2-1-5-20(22)9-11-24(26)32-16-14-29-13-4-12-27-29/h1-2,4-5,7-13,17H,3,6,14-16,18H2,(H,28,30). The van der Waals surface area contributed by atoms with Crippen molar-refractivity contribution in [3.8, 4) is 11.5 Å². The van der Waals surface area contributed by atoms with Crippen LogP contribution in [0, 0.1) is 0 Å². The van der Waals surface area contributed by atoms with Crippen molar-refractivity contribution in [2.45, 2.75) is 25.8 Å². The molecule has 0 atom stereocenters. The second-order valence-corrected chi connectivity index (χ2v) is 7.90. The molecule has 1 aliphatic rings. The summed E-state index contributed by atoms with van der Waals surface area (Å²) >= 11 is 0. The predicted octanol–water partition coefficient (Wildman–Crippen LogP) is 4.62. The number of anilines is 1. The lowest BCUT2D eigenvalue weighted by molar-refractivity contribution is -0.115. The maximum atomic E-state index is 13.0. The van der Waals surface area contributed by atoms with E-state index in [1.807, 2.05) is 65.5 Å². The van der Waals surface area contributed by atoms with E-state index in [9.17, 15) is 4.79 Å². The lowest BCUT2D eigenvalue weighted by Crippen LogP contribution is -2.17. The normalized spacial score (nSPS) is 12.8. The molecule has 0 bridgehead atoms. The van der Waals surface area contributed by atoms with Crippen molar-refractivity contribution in [1.82, 2.24) is 9.78 Å². The maximum Gasteiger partial charge on any atom is 0.228 e. The van der Waals surface area contributed by atoms with Crippen LogP contribution in [0.1, 0.15) is 17.5 Å². The summed E-state index contributed by atoms with van der Waals surface area (Å²) in [6, 6.07) is 19.8. The monoisotopic (exact) mass is 427 g/mol. The van der Waals surface area contributed by atoms with Crippen molar-refractivity contribution in [2.24, 2.45) is 0 Å². The molecule has 1 amide bonds. The summed E-state index contributed by atoms with van der Waals surface area (Å²) in [4.78, 5) is 13.0. The molecule has 2 heterocycles. The molecule has 0 fully saturated rings. The van der Waals surface area contributed by atoms with Crippen LogP contribution in [0.5, 0.6) is 11.5 Å². The Morgan fingerprint density at radius 2 is 2.06 bits per heavy atom. The molecule has 0 aliphatic carbocycles. The van der Waals surface area contributed by atoms with Crippen molar-refractivity contribution >= 4 is 22.4 Å². The molecule has 5 rings (SSSR count). The maximum absolute atomic E-state index is 13.0. The second kappa shape index (κ2) is 9.14. The van der Waals surface area contributed by atoms with E-state index in [-0.39, 0.29) is 5.91 Å². The molecule has 0 spiro atoms. The smallest absolute Gasteiger partial charge is 0.228 e. The first-order valence-electron chi connectivity index (χ1n) is 10.9. The van der Waals surface area contributed by atoms with Crippen LogP contribution in [0.2, 0.25) is 0 Å². The summed E-state index contributed by atoms with van der Waals surface area (Å²) in [6.07, 6.45) is 5.94. The van der Waals surface area contributed by atoms with Gasteiger partial charge < -0.3 is 14.8 Å². The highest BCUT2D eigenvalue weighted by Crippen LogP contribution is 2.34. The van der Waals surface area contributed by atoms with Gasteiger partial charge in [-0.05, 0) is 47.6 Å². The van der Waals surface area contributed by atoms with Crippen LogP contribution < -0.4 is 14.8 Å². The Labute approximate surface area is 186 Å². The summed E-state index contributed by atoms with van der Waals surface area (Å²) in [6.45, 7) is 1.84. The zero-order chi connectivity index (χ0) is 21.8. The molecule has 1 aliphatic heterocycles. The lowest BCUT2D eigenvalue weighted by atomic mass is 10.0. The van der Waals surface area contributed by atoms with Gasteiger partial charge in [0.15, 0.2) is 0 Å². The van der Waals surface area contributed by atoms with Gasteiger partial charge >= 0.3 is 0 Å². The number of aromatic nitrogens is 2. The van der Waals surface area contributed by atoms with E-state index < -0.39 is 0 Å². The van der Waals surface area contributed by atoms with Gasteiger partial charge in [0.25, 0.3) is 0 Å². The molecular weight excluding hydrogens is 402 g/mol. The van der Waals surface area contributed by atoms with Crippen molar-refractivity contribution in [3.05, 3.63) is 84.2 Å². The first kappa shape index (κ1) is 20.1. The van der Waals surface area contributed by atoms with Crippen molar-refractivity contribution < 1.29 is 14.3 Å². The Morgan fingerprint density at radius 1 is 1.12 bits per heavy atom. The average molecular weight is 428 g/mol. The number of rotatable bonds is 7. The van der Waals surface area contributed by atoms with Crippen LogP contribution in [-0.2, 0) is 24.2 Å². The SMILES string of the molecule is O=C(Cc1ccc2c(c1)CCCO2)Nc1c(OCCn2cccn2)ccc2ccccc12. The van der Waals surface area contributed by atoms with Gasteiger partial charge in [-0.15, -0.1) is 0 Å². The Morgan fingerprint density at radius 3 is 2.97 bits per heavy atom. The summed E-state index contributed by atoms with van der Waals surface area (Å²) in [7, 11) is 0. The first-order chi connectivity index (χ1) is 15.8. The minimum Gasteiger partial charge on any atom is -0.493 e. The molecule has 32 heavy (non-hydrogen) atoms.